The molecule has 0 saturated carbocycles. The van der Waals surface area contributed by atoms with Crippen LogP contribution in [0.5, 0.6) is 0 Å². The molecule has 2 rings (SSSR count). The molecule has 1 heterocycles. The number of aromatic nitrogens is 1. The molecule has 1 amide bonds. The zero-order valence-corrected chi connectivity index (χ0v) is 13.1. The van der Waals surface area contributed by atoms with Gasteiger partial charge in [-0.3, -0.25) is 4.79 Å². The Labute approximate surface area is 129 Å². The van der Waals surface area contributed by atoms with E-state index in [2.05, 4.69) is 10.3 Å². The van der Waals surface area contributed by atoms with E-state index in [0.29, 0.717) is 22.9 Å². The summed E-state index contributed by atoms with van der Waals surface area (Å²) in [5.41, 5.74) is 2.43. The van der Waals surface area contributed by atoms with Crippen LogP contribution in [0.25, 0.3) is 0 Å². The number of anilines is 2. The number of rotatable bonds is 4. The molecule has 0 saturated heterocycles. The fourth-order valence-corrected chi connectivity index (χ4v) is 2.45. The molecule has 21 heavy (non-hydrogen) atoms. The van der Waals surface area contributed by atoms with Crippen molar-refractivity contribution >= 4 is 29.0 Å². The Hall–Kier alpha value is -2.07. The Morgan fingerprint density at radius 2 is 2.10 bits per heavy atom. The van der Waals surface area contributed by atoms with Gasteiger partial charge in [0, 0.05) is 25.5 Å². The molecule has 0 fully saturated rings. The molecule has 0 bridgehead atoms. The van der Waals surface area contributed by atoms with Crippen LogP contribution in [0.3, 0.4) is 0 Å². The summed E-state index contributed by atoms with van der Waals surface area (Å²) in [6.45, 7) is 4.51. The molecule has 1 aromatic heterocycles. The summed E-state index contributed by atoms with van der Waals surface area (Å²) >= 11 is 6.10. The molecule has 0 spiro atoms. The Balaban J connectivity index is 2.37. The van der Waals surface area contributed by atoms with E-state index in [1.807, 2.05) is 38.1 Å². The number of pyridine rings is 1. The fourth-order valence-electron chi connectivity index (χ4n) is 2.18. The Morgan fingerprint density at radius 1 is 1.38 bits per heavy atom. The second kappa shape index (κ2) is 6.59. The lowest BCUT2D eigenvalue weighted by Gasteiger charge is -2.23. The lowest BCUT2D eigenvalue weighted by molar-refractivity contribution is 0.0988. The number of nitrogens with zero attached hydrogens (tertiary/aromatic N) is 2. The lowest BCUT2D eigenvalue weighted by Crippen LogP contribution is -2.31. The zero-order valence-electron chi connectivity index (χ0n) is 12.4. The van der Waals surface area contributed by atoms with Crippen molar-refractivity contribution in [1.29, 1.82) is 0 Å². The molecule has 0 radical (unpaired) electrons. The number of aryl methyl sites for hydroxylation is 1. The van der Waals surface area contributed by atoms with Crippen LogP contribution in [0.15, 0.2) is 36.5 Å². The molecule has 0 aliphatic rings. The first-order chi connectivity index (χ1) is 10.1. The van der Waals surface area contributed by atoms with Crippen LogP contribution < -0.4 is 10.2 Å². The van der Waals surface area contributed by atoms with E-state index in [1.165, 1.54) is 0 Å². The normalized spacial score (nSPS) is 10.3. The van der Waals surface area contributed by atoms with Gasteiger partial charge in [-0.1, -0.05) is 29.8 Å². The summed E-state index contributed by atoms with van der Waals surface area (Å²) in [5.74, 6) is 0.455. The van der Waals surface area contributed by atoms with Crippen molar-refractivity contribution in [3.05, 3.63) is 52.7 Å². The van der Waals surface area contributed by atoms with Crippen LogP contribution in [0, 0.1) is 6.92 Å². The number of carbonyl (C=O) groups excluding carboxylic acids is 1. The highest BCUT2D eigenvalue weighted by Gasteiger charge is 2.18. The lowest BCUT2D eigenvalue weighted by atomic mass is 10.1. The van der Waals surface area contributed by atoms with Crippen LogP contribution in [-0.4, -0.2) is 24.5 Å². The molecule has 0 aliphatic carbocycles. The first-order valence-electron chi connectivity index (χ1n) is 6.79. The average molecular weight is 304 g/mol. The highest BCUT2D eigenvalue weighted by atomic mass is 35.5. The van der Waals surface area contributed by atoms with Gasteiger partial charge in [0.2, 0.25) is 0 Å². The van der Waals surface area contributed by atoms with Crippen molar-refractivity contribution in [3.63, 3.8) is 0 Å². The van der Waals surface area contributed by atoms with Crippen molar-refractivity contribution in [2.24, 2.45) is 0 Å². The van der Waals surface area contributed by atoms with Crippen LogP contribution in [0.4, 0.5) is 11.5 Å². The van der Waals surface area contributed by atoms with E-state index in [4.69, 9.17) is 11.6 Å². The highest BCUT2D eigenvalue weighted by molar-refractivity contribution is 6.33. The van der Waals surface area contributed by atoms with Crippen molar-refractivity contribution < 1.29 is 4.79 Å². The number of hydrogen-bond acceptors (Lipinski definition) is 3. The molecular formula is C16H18ClN3O. The number of benzene rings is 1. The van der Waals surface area contributed by atoms with Gasteiger partial charge >= 0.3 is 0 Å². The van der Waals surface area contributed by atoms with Crippen LogP contribution in [0.2, 0.25) is 5.02 Å². The maximum atomic E-state index is 12.7. The second-order valence-corrected chi connectivity index (χ2v) is 5.05. The first kappa shape index (κ1) is 15.3. The number of hydrogen-bond donors (Lipinski definition) is 1. The second-order valence-electron chi connectivity index (χ2n) is 4.64. The molecule has 1 aromatic carbocycles. The molecule has 5 heteroatoms. The van der Waals surface area contributed by atoms with Gasteiger partial charge in [0.15, 0.2) is 0 Å². The molecule has 4 nitrogen and oxygen atoms in total. The standard InChI is InChI=1S/C16H18ClN3O/c1-4-20(14-8-6-5-7-11(14)2)16(21)12-9-13(17)15(18-3)19-10-12/h5-10H,4H2,1-3H3,(H,18,19). The highest BCUT2D eigenvalue weighted by Crippen LogP contribution is 2.24. The third kappa shape index (κ3) is 3.16. The smallest absolute Gasteiger partial charge is 0.259 e. The van der Waals surface area contributed by atoms with Gasteiger partial charge in [-0.25, -0.2) is 4.98 Å². The number of para-hydroxylation sites is 1. The third-order valence-corrected chi connectivity index (χ3v) is 3.58. The van der Waals surface area contributed by atoms with E-state index < -0.39 is 0 Å². The predicted octanol–water partition coefficient (Wildman–Crippen LogP) is 3.75. The third-order valence-electron chi connectivity index (χ3n) is 3.29. The summed E-state index contributed by atoms with van der Waals surface area (Å²) in [4.78, 5) is 18.6. The summed E-state index contributed by atoms with van der Waals surface area (Å²) in [5, 5.41) is 3.31. The Morgan fingerprint density at radius 3 is 2.67 bits per heavy atom. The van der Waals surface area contributed by atoms with Crippen LogP contribution >= 0.6 is 11.6 Å². The van der Waals surface area contributed by atoms with Gasteiger partial charge in [-0.15, -0.1) is 0 Å². The average Bonchev–Trinajstić information content (AvgIpc) is 2.49. The minimum atomic E-state index is -0.108. The number of halogens is 1. The Kier molecular flexibility index (Phi) is 4.81. The van der Waals surface area contributed by atoms with Crippen LogP contribution in [0.1, 0.15) is 22.8 Å². The van der Waals surface area contributed by atoms with Gasteiger partial charge in [-0.05, 0) is 31.5 Å². The van der Waals surface area contributed by atoms with E-state index >= 15 is 0 Å². The van der Waals surface area contributed by atoms with Crippen molar-refractivity contribution in [2.45, 2.75) is 13.8 Å². The first-order valence-corrected chi connectivity index (χ1v) is 7.17. The predicted molar refractivity (Wildman–Crippen MR) is 87.3 cm³/mol. The summed E-state index contributed by atoms with van der Waals surface area (Å²) in [6.07, 6.45) is 1.54. The number of amides is 1. The minimum absolute atomic E-state index is 0.108. The van der Waals surface area contributed by atoms with E-state index in [0.717, 1.165) is 11.3 Å². The van der Waals surface area contributed by atoms with E-state index in [9.17, 15) is 4.79 Å². The van der Waals surface area contributed by atoms with Crippen molar-refractivity contribution in [2.75, 3.05) is 23.8 Å². The topological polar surface area (TPSA) is 45.2 Å². The number of carbonyl (C=O) groups is 1. The SMILES string of the molecule is CCN(C(=O)c1cnc(NC)c(Cl)c1)c1ccccc1C. The maximum absolute atomic E-state index is 12.7. The summed E-state index contributed by atoms with van der Waals surface area (Å²) in [7, 11) is 1.74. The van der Waals surface area contributed by atoms with Crippen molar-refractivity contribution in [3.8, 4) is 0 Å². The fraction of sp³-hybridized carbons (Fsp3) is 0.250. The van der Waals surface area contributed by atoms with Gasteiger partial charge in [-0.2, -0.15) is 0 Å². The minimum Gasteiger partial charge on any atom is -0.372 e. The zero-order chi connectivity index (χ0) is 15.4. The molecule has 1 N–H and O–H groups in total. The largest absolute Gasteiger partial charge is 0.372 e. The maximum Gasteiger partial charge on any atom is 0.259 e. The van der Waals surface area contributed by atoms with Crippen LogP contribution in [-0.2, 0) is 0 Å². The summed E-state index contributed by atoms with van der Waals surface area (Å²) < 4.78 is 0. The van der Waals surface area contributed by atoms with E-state index in [-0.39, 0.29) is 5.91 Å². The molecule has 110 valence electrons. The van der Waals surface area contributed by atoms with Crippen molar-refractivity contribution in [1.82, 2.24) is 4.98 Å². The molecule has 0 unspecified atom stereocenters. The number of nitrogens with one attached hydrogen (secondary N) is 1. The monoisotopic (exact) mass is 303 g/mol. The van der Waals surface area contributed by atoms with Gasteiger partial charge in [0.1, 0.15) is 5.82 Å². The molecule has 2 aromatic rings. The molecular weight excluding hydrogens is 286 g/mol. The van der Waals surface area contributed by atoms with Gasteiger partial charge in [0.25, 0.3) is 5.91 Å². The summed E-state index contributed by atoms with van der Waals surface area (Å²) in [6, 6.07) is 9.45. The molecule has 0 atom stereocenters. The van der Waals surface area contributed by atoms with Gasteiger partial charge < -0.3 is 10.2 Å². The van der Waals surface area contributed by atoms with Gasteiger partial charge in [0.05, 0.1) is 10.6 Å². The molecule has 0 aliphatic heterocycles. The Bertz CT molecular complexity index is 658. The van der Waals surface area contributed by atoms with E-state index in [1.54, 1.807) is 24.2 Å². The quantitative estimate of drug-likeness (QED) is 0.935.